The van der Waals surface area contributed by atoms with Crippen LogP contribution >= 0.6 is 0 Å². The van der Waals surface area contributed by atoms with E-state index in [2.05, 4.69) is 41.0 Å². The van der Waals surface area contributed by atoms with Crippen molar-refractivity contribution in [3.05, 3.63) is 59.9 Å². The first kappa shape index (κ1) is 20.9. The maximum atomic E-state index is 12.6. The van der Waals surface area contributed by atoms with Crippen LogP contribution in [0.2, 0.25) is 0 Å². The molecule has 6 heteroatoms. The predicted molar refractivity (Wildman–Crippen MR) is 120 cm³/mol. The number of nitrogens with one attached hydrogen (secondary N) is 1. The van der Waals surface area contributed by atoms with E-state index in [1.807, 2.05) is 55.4 Å². The van der Waals surface area contributed by atoms with E-state index in [4.69, 9.17) is 4.98 Å². The normalized spacial score (nSPS) is 11.2. The van der Waals surface area contributed by atoms with Gasteiger partial charge in [-0.05, 0) is 57.4 Å². The Morgan fingerprint density at radius 2 is 1.86 bits per heavy atom. The molecule has 0 spiro atoms. The lowest BCUT2D eigenvalue weighted by molar-refractivity contribution is 0.0954. The molecular formula is C23H31N5O. The van der Waals surface area contributed by atoms with Crippen LogP contribution < -0.4 is 10.2 Å². The van der Waals surface area contributed by atoms with Gasteiger partial charge in [-0.2, -0.15) is 0 Å². The van der Waals surface area contributed by atoms with Crippen molar-refractivity contribution in [2.24, 2.45) is 0 Å². The molecule has 2 aromatic carbocycles. The molecule has 0 saturated carbocycles. The Balaban J connectivity index is 1.67. The van der Waals surface area contributed by atoms with Gasteiger partial charge in [-0.3, -0.25) is 4.79 Å². The maximum Gasteiger partial charge on any atom is 0.251 e. The molecule has 0 aliphatic heterocycles. The van der Waals surface area contributed by atoms with Crippen LogP contribution in [0.4, 0.5) is 5.69 Å². The minimum atomic E-state index is -0.0519. The van der Waals surface area contributed by atoms with E-state index in [0.717, 1.165) is 42.1 Å². The summed E-state index contributed by atoms with van der Waals surface area (Å²) in [6.07, 6.45) is 1.76. The van der Waals surface area contributed by atoms with Crippen molar-refractivity contribution in [3.8, 4) is 0 Å². The van der Waals surface area contributed by atoms with Gasteiger partial charge in [0.15, 0.2) is 0 Å². The fraction of sp³-hybridized carbons (Fsp3) is 0.391. The molecule has 0 aliphatic carbocycles. The summed E-state index contributed by atoms with van der Waals surface area (Å²) in [5.74, 6) is 0.969. The van der Waals surface area contributed by atoms with Gasteiger partial charge in [0.1, 0.15) is 5.82 Å². The summed E-state index contributed by atoms with van der Waals surface area (Å²) in [5.41, 5.74) is 3.86. The first-order chi connectivity index (χ1) is 14.0. The highest BCUT2D eigenvalue weighted by molar-refractivity contribution is 5.95. The number of rotatable bonds is 9. The van der Waals surface area contributed by atoms with Gasteiger partial charge >= 0.3 is 0 Å². The number of imidazole rings is 1. The zero-order valence-electron chi connectivity index (χ0n) is 17.9. The number of carbonyl (C=O) groups excluding carboxylic acids is 1. The third-order valence-corrected chi connectivity index (χ3v) is 4.98. The third kappa shape index (κ3) is 5.35. The molecule has 1 heterocycles. The fourth-order valence-corrected chi connectivity index (χ4v) is 3.43. The van der Waals surface area contributed by atoms with Gasteiger partial charge in [-0.25, -0.2) is 4.98 Å². The molecule has 3 aromatic rings. The molecule has 3 rings (SSSR count). The Hall–Kier alpha value is -2.86. The molecule has 0 radical (unpaired) electrons. The quantitative estimate of drug-likeness (QED) is 0.607. The zero-order chi connectivity index (χ0) is 20.8. The van der Waals surface area contributed by atoms with Gasteiger partial charge in [0.2, 0.25) is 0 Å². The highest BCUT2D eigenvalue weighted by Crippen LogP contribution is 2.17. The molecule has 29 heavy (non-hydrogen) atoms. The van der Waals surface area contributed by atoms with E-state index in [1.165, 1.54) is 0 Å². The van der Waals surface area contributed by atoms with Crippen molar-refractivity contribution >= 4 is 22.6 Å². The van der Waals surface area contributed by atoms with Crippen molar-refractivity contribution in [1.82, 2.24) is 19.8 Å². The number of para-hydroxylation sites is 2. The summed E-state index contributed by atoms with van der Waals surface area (Å²) >= 11 is 0. The van der Waals surface area contributed by atoms with Crippen LogP contribution in [0.1, 0.15) is 22.6 Å². The van der Waals surface area contributed by atoms with Crippen molar-refractivity contribution in [3.63, 3.8) is 0 Å². The van der Waals surface area contributed by atoms with Crippen molar-refractivity contribution in [2.75, 3.05) is 46.2 Å². The highest BCUT2D eigenvalue weighted by Gasteiger charge is 2.12. The number of hydrogen-bond acceptors (Lipinski definition) is 4. The summed E-state index contributed by atoms with van der Waals surface area (Å²) in [6, 6.07) is 15.9. The number of aromatic nitrogens is 2. The second-order valence-electron chi connectivity index (χ2n) is 7.78. The molecule has 0 atom stereocenters. The molecule has 6 nitrogen and oxygen atoms in total. The Bertz CT molecular complexity index is 961. The largest absolute Gasteiger partial charge is 0.378 e. The Labute approximate surface area is 173 Å². The molecule has 0 unspecified atom stereocenters. The average molecular weight is 394 g/mol. The van der Waals surface area contributed by atoms with Crippen LogP contribution in [0.15, 0.2) is 48.5 Å². The fourth-order valence-electron chi connectivity index (χ4n) is 3.43. The van der Waals surface area contributed by atoms with Gasteiger partial charge < -0.3 is 19.7 Å². The smallest absolute Gasteiger partial charge is 0.251 e. The molecule has 154 valence electrons. The Morgan fingerprint density at radius 3 is 2.62 bits per heavy atom. The van der Waals surface area contributed by atoms with Gasteiger partial charge in [-0.15, -0.1) is 0 Å². The molecule has 1 amide bonds. The molecule has 0 bridgehead atoms. The van der Waals surface area contributed by atoms with Crippen molar-refractivity contribution < 1.29 is 4.79 Å². The molecular weight excluding hydrogens is 362 g/mol. The van der Waals surface area contributed by atoms with E-state index in [1.54, 1.807) is 0 Å². The number of carbonyl (C=O) groups is 1. The number of benzene rings is 2. The van der Waals surface area contributed by atoms with Crippen LogP contribution in [0.25, 0.3) is 11.0 Å². The summed E-state index contributed by atoms with van der Waals surface area (Å²) in [7, 11) is 8.12. The number of fused-ring (bicyclic) bond motifs is 1. The van der Waals surface area contributed by atoms with E-state index in [9.17, 15) is 4.79 Å². The molecule has 1 N–H and O–H groups in total. The first-order valence-corrected chi connectivity index (χ1v) is 10.1. The number of aryl methyl sites for hydroxylation is 1. The SMILES string of the molecule is CN(C)CCCn1c(CCNC(=O)c2cccc(N(C)C)c2)nc2ccccc21. The van der Waals surface area contributed by atoms with Crippen LogP contribution in [-0.2, 0) is 13.0 Å². The summed E-state index contributed by atoms with van der Waals surface area (Å²) in [4.78, 5) is 21.5. The zero-order valence-corrected chi connectivity index (χ0v) is 17.9. The van der Waals surface area contributed by atoms with Crippen LogP contribution in [0.3, 0.4) is 0 Å². The summed E-state index contributed by atoms with van der Waals surface area (Å²) in [5, 5.41) is 3.04. The second-order valence-corrected chi connectivity index (χ2v) is 7.78. The molecule has 0 fully saturated rings. The van der Waals surface area contributed by atoms with Crippen molar-refractivity contribution in [1.29, 1.82) is 0 Å². The van der Waals surface area contributed by atoms with Gasteiger partial charge in [0.25, 0.3) is 5.91 Å². The number of amides is 1. The van der Waals surface area contributed by atoms with Crippen LogP contribution in [0.5, 0.6) is 0 Å². The highest BCUT2D eigenvalue weighted by atomic mass is 16.1. The van der Waals surface area contributed by atoms with E-state index < -0.39 is 0 Å². The maximum absolute atomic E-state index is 12.6. The topological polar surface area (TPSA) is 53.4 Å². The lowest BCUT2D eigenvalue weighted by Gasteiger charge is -2.14. The number of hydrogen-bond donors (Lipinski definition) is 1. The van der Waals surface area contributed by atoms with Gasteiger partial charge in [-0.1, -0.05) is 18.2 Å². The lowest BCUT2D eigenvalue weighted by atomic mass is 10.2. The number of anilines is 1. The Morgan fingerprint density at radius 1 is 1.07 bits per heavy atom. The standard InChI is InChI=1S/C23H31N5O/c1-26(2)15-8-16-28-21-12-6-5-11-20(21)25-22(28)13-14-24-23(29)18-9-7-10-19(17-18)27(3)4/h5-7,9-12,17H,8,13-16H2,1-4H3,(H,24,29). The molecule has 0 aliphatic rings. The van der Waals surface area contributed by atoms with Crippen LogP contribution in [0, 0.1) is 0 Å². The third-order valence-electron chi connectivity index (χ3n) is 4.98. The summed E-state index contributed by atoms with van der Waals surface area (Å²) < 4.78 is 2.29. The Kier molecular flexibility index (Phi) is 6.88. The van der Waals surface area contributed by atoms with Crippen LogP contribution in [-0.4, -0.2) is 61.6 Å². The van der Waals surface area contributed by atoms with Crippen molar-refractivity contribution in [2.45, 2.75) is 19.4 Å². The first-order valence-electron chi connectivity index (χ1n) is 10.1. The van der Waals surface area contributed by atoms with E-state index in [-0.39, 0.29) is 5.91 Å². The van der Waals surface area contributed by atoms with Gasteiger partial charge in [0.05, 0.1) is 11.0 Å². The lowest BCUT2D eigenvalue weighted by Crippen LogP contribution is -2.27. The molecule has 1 aromatic heterocycles. The predicted octanol–water partition coefficient (Wildman–Crippen LogP) is 3.03. The monoisotopic (exact) mass is 393 g/mol. The second kappa shape index (κ2) is 9.56. The average Bonchev–Trinajstić information content (AvgIpc) is 3.05. The summed E-state index contributed by atoms with van der Waals surface area (Å²) in [6.45, 7) is 2.51. The van der Waals surface area contributed by atoms with Gasteiger partial charge in [0, 0.05) is 44.9 Å². The van der Waals surface area contributed by atoms with E-state index in [0.29, 0.717) is 18.5 Å². The number of nitrogens with zero attached hydrogens (tertiary/aromatic N) is 4. The minimum absolute atomic E-state index is 0.0519. The van der Waals surface area contributed by atoms with E-state index >= 15 is 0 Å². The minimum Gasteiger partial charge on any atom is -0.378 e. The molecule has 0 saturated heterocycles.